The average molecular weight is 376 g/mol. The maximum Gasteiger partial charge on any atom is 0.224 e. The number of nitrogens with zero attached hydrogens (tertiary/aromatic N) is 2. The first-order chi connectivity index (χ1) is 13.6. The zero-order valence-electron chi connectivity index (χ0n) is 15.6. The van der Waals surface area contributed by atoms with E-state index in [4.69, 9.17) is 0 Å². The average Bonchev–Trinajstić information content (AvgIpc) is 3.32. The van der Waals surface area contributed by atoms with Gasteiger partial charge in [-0.3, -0.25) is 4.79 Å². The fourth-order valence-electron chi connectivity index (χ4n) is 3.39. The first-order valence-corrected chi connectivity index (χ1v) is 9.22. The number of H-pyrrole nitrogens is 1. The number of aromatic nitrogens is 3. The number of hydrogen-bond donors (Lipinski definition) is 2. The van der Waals surface area contributed by atoms with Crippen LogP contribution < -0.4 is 5.32 Å². The van der Waals surface area contributed by atoms with Crippen LogP contribution in [0.5, 0.6) is 0 Å². The lowest BCUT2D eigenvalue weighted by atomic mass is 10.1. The van der Waals surface area contributed by atoms with Crippen molar-refractivity contribution in [3.63, 3.8) is 0 Å². The summed E-state index contributed by atoms with van der Waals surface area (Å²) < 4.78 is 15.4. The van der Waals surface area contributed by atoms with E-state index >= 15 is 0 Å². The molecule has 4 rings (SSSR count). The molecule has 2 N–H and O–H groups in total. The zero-order valence-corrected chi connectivity index (χ0v) is 15.6. The number of aromatic amines is 1. The van der Waals surface area contributed by atoms with Gasteiger partial charge >= 0.3 is 0 Å². The quantitative estimate of drug-likeness (QED) is 0.539. The number of halogens is 1. The van der Waals surface area contributed by atoms with Crippen LogP contribution in [-0.2, 0) is 17.6 Å². The Morgan fingerprint density at radius 2 is 2.04 bits per heavy atom. The van der Waals surface area contributed by atoms with E-state index in [1.165, 1.54) is 12.1 Å². The Morgan fingerprint density at radius 1 is 1.21 bits per heavy atom. The Bertz CT molecular complexity index is 1100. The van der Waals surface area contributed by atoms with Gasteiger partial charge in [0.05, 0.1) is 12.1 Å². The van der Waals surface area contributed by atoms with Crippen molar-refractivity contribution in [2.24, 2.45) is 0 Å². The number of aryl methyl sites for hydroxylation is 1. The van der Waals surface area contributed by atoms with Crippen molar-refractivity contribution in [2.45, 2.75) is 19.8 Å². The fourth-order valence-corrected chi connectivity index (χ4v) is 3.39. The second-order valence-corrected chi connectivity index (χ2v) is 6.81. The van der Waals surface area contributed by atoms with Gasteiger partial charge in [0, 0.05) is 35.5 Å². The molecule has 0 fully saturated rings. The number of rotatable bonds is 6. The number of benzene rings is 2. The lowest BCUT2D eigenvalue weighted by Crippen LogP contribution is -2.27. The molecule has 0 aliphatic rings. The highest BCUT2D eigenvalue weighted by molar-refractivity contribution is 5.90. The van der Waals surface area contributed by atoms with Crippen LogP contribution in [0.2, 0.25) is 0 Å². The summed E-state index contributed by atoms with van der Waals surface area (Å²) in [6.07, 6.45) is 4.61. The van der Waals surface area contributed by atoms with Crippen molar-refractivity contribution in [1.29, 1.82) is 0 Å². The van der Waals surface area contributed by atoms with Crippen LogP contribution >= 0.6 is 0 Å². The molecule has 2 heterocycles. The van der Waals surface area contributed by atoms with Gasteiger partial charge in [-0.15, -0.1) is 0 Å². The summed E-state index contributed by atoms with van der Waals surface area (Å²) in [5.74, 6) is -0.367. The second kappa shape index (κ2) is 7.68. The van der Waals surface area contributed by atoms with E-state index in [9.17, 15) is 9.18 Å². The van der Waals surface area contributed by atoms with E-state index in [0.29, 0.717) is 6.54 Å². The maximum atomic E-state index is 13.6. The number of carbonyl (C=O) groups excluding carboxylic acids is 1. The molecule has 142 valence electrons. The standard InChI is InChI=1S/C22H21FN4O/c1-15-19(20-13-17(23)5-8-21(20)26-15)14-22(28)24-11-9-16-3-6-18(7-4-16)27-12-2-10-25-27/h2-8,10,12-13,26H,9,11,14H2,1H3,(H,24,28). The minimum Gasteiger partial charge on any atom is -0.358 e. The molecule has 0 aliphatic carbocycles. The molecule has 2 aromatic heterocycles. The molecular formula is C22H21FN4O. The van der Waals surface area contributed by atoms with Crippen molar-refractivity contribution in [3.8, 4) is 5.69 Å². The smallest absolute Gasteiger partial charge is 0.224 e. The number of fused-ring (bicyclic) bond motifs is 1. The minimum absolute atomic E-state index is 0.0681. The Kier molecular flexibility index (Phi) is 4.93. The van der Waals surface area contributed by atoms with Crippen LogP contribution in [0.25, 0.3) is 16.6 Å². The number of nitrogens with one attached hydrogen (secondary N) is 2. The Hall–Kier alpha value is -3.41. The van der Waals surface area contributed by atoms with Gasteiger partial charge in [0.2, 0.25) is 5.91 Å². The van der Waals surface area contributed by atoms with Crippen molar-refractivity contribution < 1.29 is 9.18 Å². The molecule has 2 aromatic carbocycles. The third-order valence-corrected chi connectivity index (χ3v) is 4.86. The molecular weight excluding hydrogens is 355 g/mol. The molecule has 0 atom stereocenters. The van der Waals surface area contributed by atoms with Crippen molar-refractivity contribution in [2.75, 3.05) is 6.54 Å². The Morgan fingerprint density at radius 3 is 2.79 bits per heavy atom. The van der Waals surface area contributed by atoms with Gasteiger partial charge in [-0.25, -0.2) is 9.07 Å². The van der Waals surface area contributed by atoms with E-state index in [2.05, 4.69) is 15.4 Å². The topological polar surface area (TPSA) is 62.7 Å². The summed E-state index contributed by atoms with van der Waals surface area (Å²) in [7, 11) is 0. The fraction of sp³-hybridized carbons (Fsp3) is 0.182. The molecule has 4 aromatic rings. The van der Waals surface area contributed by atoms with E-state index in [1.807, 2.05) is 43.5 Å². The Balaban J connectivity index is 1.34. The summed E-state index contributed by atoms with van der Waals surface area (Å²) in [4.78, 5) is 15.6. The molecule has 0 unspecified atom stereocenters. The van der Waals surface area contributed by atoms with Gasteiger partial charge in [0.15, 0.2) is 0 Å². The van der Waals surface area contributed by atoms with E-state index < -0.39 is 0 Å². The van der Waals surface area contributed by atoms with Gasteiger partial charge in [-0.2, -0.15) is 5.10 Å². The van der Waals surface area contributed by atoms with Crippen LogP contribution in [0.4, 0.5) is 4.39 Å². The molecule has 28 heavy (non-hydrogen) atoms. The number of amides is 1. The van der Waals surface area contributed by atoms with E-state index in [-0.39, 0.29) is 18.1 Å². The summed E-state index contributed by atoms with van der Waals surface area (Å²) >= 11 is 0. The predicted molar refractivity (Wildman–Crippen MR) is 107 cm³/mol. The molecule has 0 radical (unpaired) electrons. The summed E-state index contributed by atoms with van der Waals surface area (Å²) in [5.41, 5.74) is 4.72. The molecule has 0 spiro atoms. The third kappa shape index (κ3) is 3.81. The first-order valence-electron chi connectivity index (χ1n) is 9.22. The summed E-state index contributed by atoms with van der Waals surface area (Å²) in [6.45, 7) is 2.46. The van der Waals surface area contributed by atoms with E-state index in [0.717, 1.165) is 39.8 Å². The van der Waals surface area contributed by atoms with Crippen LogP contribution in [0.15, 0.2) is 60.9 Å². The largest absolute Gasteiger partial charge is 0.358 e. The van der Waals surface area contributed by atoms with Crippen molar-refractivity contribution in [3.05, 3.63) is 83.6 Å². The highest BCUT2D eigenvalue weighted by Crippen LogP contribution is 2.23. The molecule has 1 amide bonds. The Labute approximate surface area is 162 Å². The second-order valence-electron chi connectivity index (χ2n) is 6.81. The van der Waals surface area contributed by atoms with E-state index in [1.54, 1.807) is 16.9 Å². The molecule has 5 nitrogen and oxygen atoms in total. The van der Waals surface area contributed by atoms with Crippen LogP contribution in [-0.4, -0.2) is 27.2 Å². The van der Waals surface area contributed by atoms with Gasteiger partial charge in [-0.05, 0) is 60.9 Å². The molecule has 0 aliphatic heterocycles. The van der Waals surface area contributed by atoms with Crippen LogP contribution in [0.3, 0.4) is 0 Å². The highest BCUT2D eigenvalue weighted by Gasteiger charge is 2.13. The maximum absolute atomic E-state index is 13.6. The lowest BCUT2D eigenvalue weighted by molar-refractivity contribution is -0.120. The van der Waals surface area contributed by atoms with Crippen molar-refractivity contribution >= 4 is 16.8 Å². The van der Waals surface area contributed by atoms with Crippen LogP contribution in [0, 0.1) is 12.7 Å². The van der Waals surface area contributed by atoms with Crippen molar-refractivity contribution in [1.82, 2.24) is 20.1 Å². The molecule has 6 heteroatoms. The monoisotopic (exact) mass is 376 g/mol. The SMILES string of the molecule is Cc1[nH]c2ccc(F)cc2c1CC(=O)NCCc1ccc(-n2cccn2)cc1. The minimum atomic E-state index is -0.299. The third-order valence-electron chi connectivity index (χ3n) is 4.86. The zero-order chi connectivity index (χ0) is 19.5. The van der Waals surface area contributed by atoms with Gasteiger partial charge in [-0.1, -0.05) is 12.1 Å². The summed E-state index contributed by atoms with van der Waals surface area (Å²) in [6, 6.07) is 14.6. The normalized spacial score (nSPS) is 11.1. The highest BCUT2D eigenvalue weighted by atomic mass is 19.1. The van der Waals surface area contributed by atoms with Gasteiger partial charge in [0.1, 0.15) is 5.82 Å². The summed E-state index contributed by atoms with van der Waals surface area (Å²) in [5, 5.41) is 7.92. The molecule has 0 saturated heterocycles. The predicted octanol–water partition coefficient (Wildman–Crippen LogP) is 3.70. The van der Waals surface area contributed by atoms with Gasteiger partial charge < -0.3 is 10.3 Å². The lowest BCUT2D eigenvalue weighted by Gasteiger charge is -2.07. The number of carbonyl (C=O) groups is 1. The van der Waals surface area contributed by atoms with Gasteiger partial charge in [0.25, 0.3) is 0 Å². The number of hydrogen-bond acceptors (Lipinski definition) is 2. The first kappa shape index (κ1) is 18.0. The molecule has 0 saturated carbocycles. The van der Waals surface area contributed by atoms with Crippen LogP contribution in [0.1, 0.15) is 16.8 Å². The molecule has 0 bridgehead atoms.